The van der Waals surface area contributed by atoms with Crippen molar-refractivity contribution in [1.82, 2.24) is 20.4 Å². The molecule has 0 bridgehead atoms. The lowest BCUT2D eigenvalue weighted by atomic mass is 10.1. The van der Waals surface area contributed by atoms with Crippen LogP contribution in [0.1, 0.15) is 54.1 Å². The maximum Gasteiger partial charge on any atom is 0.253 e. The quantitative estimate of drug-likeness (QED) is 0.307. The molecule has 2 aliphatic rings. The number of nitrogens with one attached hydrogen (secondary N) is 2. The molecule has 0 aromatic heterocycles. The van der Waals surface area contributed by atoms with Crippen LogP contribution in [0, 0.1) is 0 Å². The van der Waals surface area contributed by atoms with Crippen LogP contribution in [0.3, 0.4) is 0 Å². The van der Waals surface area contributed by atoms with E-state index in [0.29, 0.717) is 18.6 Å². The highest BCUT2D eigenvalue weighted by molar-refractivity contribution is 14.0. The van der Waals surface area contributed by atoms with E-state index in [1.807, 2.05) is 30.1 Å². The van der Waals surface area contributed by atoms with Gasteiger partial charge in [-0.15, -0.1) is 24.0 Å². The van der Waals surface area contributed by atoms with E-state index in [4.69, 9.17) is 0 Å². The number of hydrogen-bond acceptors (Lipinski definition) is 3. The zero-order chi connectivity index (χ0) is 23.0. The van der Waals surface area contributed by atoms with Gasteiger partial charge in [0.1, 0.15) is 0 Å². The van der Waals surface area contributed by atoms with Crippen LogP contribution >= 0.6 is 24.0 Å². The molecule has 2 aromatic carbocycles. The highest BCUT2D eigenvalue weighted by Gasteiger charge is 2.29. The monoisotopic (exact) mass is 575 g/mol. The first kappa shape index (κ1) is 26.5. The van der Waals surface area contributed by atoms with Crippen molar-refractivity contribution >= 4 is 35.8 Å². The fourth-order valence-corrected chi connectivity index (χ4v) is 4.91. The molecular formula is C27H38IN5O. The lowest BCUT2D eigenvalue weighted by Crippen LogP contribution is -2.44. The summed E-state index contributed by atoms with van der Waals surface area (Å²) in [5, 5.41) is 7.03. The summed E-state index contributed by atoms with van der Waals surface area (Å²) < 4.78 is 0. The number of carbonyl (C=O) groups excluding carboxylic acids is 1. The molecule has 184 valence electrons. The van der Waals surface area contributed by atoms with Crippen molar-refractivity contribution in [2.24, 2.45) is 4.99 Å². The number of aliphatic imine (C=N–C) groups is 1. The second-order valence-electron chi connectivity index (χ2n) is 9.32. The summed E-state index contributed by atoms with van der Waals surface area (Å²) in [7, 11) is 1.81. The summed E-state index contributed by atoms with van der Waals surface area (Å²) >= 11 is 0. The predicted octanol–water partition coefficient (Wildman–Crippen LogP) is 4.26. The van der Waals surface area contributed by atoms with Crippen molar-refractivity contribution in [3.05, 3.63) is 71.3 Å². The van der Waals surface area contributed by atoms with Crippen LogP contribution in [0.4, 0.5) is 0 Å². The highest BCUT2D eigenvalue weighted by atomic mass is 127. The zero-order valence-electron chi connectivity index (χ0n) is 20.4. The van der Waals surface area contributed by atoms with Gasteiger partial charge in [0.25, 0.3) is 5.91 Å². The molecule has 2 saturated heterocycles. The molecule has 0 aliphatic carbocycles. The van der Waals surface area contributed by atoms with Gasteiger partial charge in [0.2, 0.25) is 0 Å². The number of likely N-dealkylation sites (tertiary alicyclic amines) is 2. The maximum atomic E-state index is 12.8. The van der Waals surface area contributed by atoms with E-state index in [9.17, 15) is 4.79 Å². The highest BCUT2D eigenvalue weighted by Crippen LogP contribution is 2.20. The SMILES string of the molecule is CN=C(NCc1cccc(C(=O)N2CCCCC2)c1)NC1CC(C)N(Cc2ccccc2)C1.I. The molecule has 2 unspecified atom stereocenters. The Bertz CT molecular complexity index is 945. The molecule has 0 saturated carbocycles. The second-order valence-corrected chi connectivity index (χ2v) is 9.32. The largest absolute Gasteiger partial charge is 0.352 e. The second kappa shape index (κ2) is 13.1. The molecule has 6 nitrogen and oxygen atoms in total. The Morgan fingerprint density at radius 1 is 1.03 bits per heavy atom. The molecule has 0 radical (unpaired) electrons. The van der Waals surface area contributed by atoms with Crippen LogP contribution in [0.25, 0.3) is 0 Å². The van der Waals surface area contributed by atoms with Crippen LogP contribution in [0.15, 0.2) is 59.6 Å². The standard InChI is InChI=1S/C27H37N5O.HI/c1-21-16-25(20-32(21)19-22-10-5-3-6-11-22)30-27(28-2)29-18-23-12-9-13-24(17-23)26(33)31-14-7-4-8-15-31;/h3,5-6,9-13,17,21,25H,4,7-8,14-16,18-20H2,1-2H3,(H2,28,29,30);1H. The van der Waals surface area contributed by atoms with Gasteiger partial charge >= 0.3 is 0 Å². The number of halogens is 1. The number of rotatable bonds is 6. The van der Waals surface area contributed by atoms with Crippen molar-refractivity contribution in [2.45, 2.75) is 57.8 Å². The molecule has 2 aromatic rings. The molecule has 4 rings (SSSR count). The minimum absolute atomic E-state index is 0. The summed E-state index contributed by atoms with van der Waals surface area (Å²) in [5.74, 6) is 0.957. The van der Waals surface area contributed by atoms with Crippen molar-refractivity contribution in [3.8, 4) is 0 Å². The molecule has 0 spiro atoms. The van der Waals surface area contributed by atoms with E-state index in [1.54, 1.807) is 0 Å². The van der Waals surface area contributed by atoms with Crippen molar-refractivity contribution in [1.29, 1.82) is 0 Å². The third kappa shape index (κ3) is 7.18. The van der Waals surface area contributed by atoms with Gasteiger partial charge in [0, 0.05) is 57.4 Å². The normalized spacial score (nSPS) is 21.1. The summed E-state index contributed by atoms with van der Waals surface area (Å²) in [4.78, 5) is 21.8. The topological polar surface area (TPSA) is 60.0 Å². The maximum absolute atomic E-state index is 12.8. The van der Waals surface area contributed by atoms with Crippen LogP contribution in [-0.4, -0.2) is 60.4 Å². The molecule has 2 atom stereocenters. The Morgan fingerprint density at radius 2 is 1.76 bits per heavy atom. The zero-order valence-corrected chi connectivity index (χ0v) is 22.7. The Hall–Kier alpha value is -2.13. The van der Waals surface area contributed by atoms with E-state index < -0.39 is 0 Å². The Balaban J connectivity index is 0.00000324. The summed E-state index contributed by atoms with van der Waals surface area (Å²) in [6, 6.07) is 19.5. The molecule has 34 heavy (non-hydrogen) atoms. The summed E-state index contributed by atoms with van der Waals surface area (Å²) in [6.07, 6.45) is 4.53. The Labute approximate surface area is 221 Å². The number of piperidine rings is 1. The first-order valence-corrected chi connectivity index (χ1v) is 12.3. The first-order valence-electron chi connectivity index (χ1n) is 12.3. The lowest BCUT2D eigenvalue weighted by Gasteiger charge is -2.26. The van der Waals surface area contributed by atoms with Gasteiger partial charge in [-0.2, -0.15) is 0 Å². The van der Waals surface area contributed by atoms with Crippen molar-refractivity contribution in [2.75, 3.05) is 26.7 Å². The van der Waals surface area contributed by atoms with E-state index >= 15 is 0 Å². The van der Waals surface area contributed by atoms with Crippen LogP contribution in [-0.2, 0) is 13.1 Å². The van der Waals surface area contributed by atoms with Gasteiger partial charge in [-0.05, 0) is 55.9 Å². The minimum atomic E-state index is 0. The number of carbonyl (C=O) groups is 1. The van der Waals surface area contributed by atoms with Gasteiger partial charge < -0.3 is 15.5 Å². The van der Waals surface area contributed by atoms with Crippen molar-refractivity contribution in [3.63, 3.8) is 0 Å². The minimum Gasteiger partial charge on any atom is -0.352 e. The first-order chi connectivity index (χ1) is 16.1. The van der Waals surface area contributed by atoms with Crippen LogP contribution in [0.2, 0.25) is 0 Å². The third-order valence-corrected chi connectivity index (χ3v) is 6.77. The van der Waals surface area contributed by atoms with E-state index in [-0.39, 0.29) is 29.9 Å². The van der Waals surface area contributed by atoms with Crippen molar-refractivity contribution < 1.29 is 4.79 Å². The van der Waals surface area contributed by atoms with Gasteiger partial charge in [0.15, 0.2) is 5.96 Å². The molecule has 7 heteroatoms. The van der Waals surface area contributed by atoms with Crippen LogP contribution < -0.4 is 10.6 Å². The number of benzene rings is 2. The van der Waals surface area contributed by atoms with Gasteiger partial charge in [-0.1, -0.05) is 42.5 Å². The molecule has 2 aliphatic heterocycles. The molecular weight excluding hydrogens is 537 g/mol. The number of hydrogen-bond donors (Lipinski definition) is 2. The fourth-order valence-electron chi connectivity index (χ4n) is 4.91. The predicted molar refractivity (Wildman–Crippen MR) is 150 cm³/mol. The van der Waals surface area contributed by atoms with Gasteiger partial charge in [-0.3, -0.25) is 14.7 Å². The molecule has 2 fully saturated rings. The van der Waals surface area contributed by atoms with E-state index in [2.05, 4.69) is 63.8 Å². The lowest BCUT2D eigenvalue weighted by molar-refractivity contribution is 0.0724. The summed E-state index contributed by atoms with van der Waals surface area (Å²) in [6.45, 7) is 6.65. The average molecular weight is 576 g/mol. The molecule has 2 N–H and O–H groups in total. The van der Waals surface area contributed by atoms with Gasteiger partial charge in [0.05, 0.1) is 0 Å². The molecule has 2 heterocycles. The van der Waals surface area contributed by atoms with E-state index in [1.165, 1.54) is 12.0 Å². The molecule has 1 amide bonds. The van der Waals surface area contributed by atoms with Crippen LogP contribution in [0.5, 0.6) is 0 Å². The fraction of sp³-hybridized carbons (Fsp3) is 0.481. The Kier molecular flexibility index (Phi) is 10.2. The van der Waals surface area contributed by atoms with Gasteiger partial charge in [-0.25, -0.2) is 0 Å². The number of guanidine groups is 1. The van der Waals surface area contributed by atoms with E-state index in [0.717, 1.165) is 62.5 Å². The third-order valence-electron chi connectivity index (χ3n) is 6.77. The average Bonchev–Trinajstić information content (AvgIpc) is 3.20. The Morgan fingerprint density at radius 3 is 2.50 bits per heavy atom. The number of amides is 1. The smallest absolute Gasteiger partial charge is 0.253 e. The number of nitrogens with zero attached hydrogens (tertiary/aromatic N) is 3. The summed E-state index contributed by atoms with van der Waals surface area (Å²) in [5.41, 5.74) is 3.22.